The van der Waals surface area contributed by atoms with Gasteiger partial charge in [0.05, 0.1) is 5.56 Å². The number of hydrogen-bond acceptors (Lipinski definition) is 2. The lowest BCUT2D eigenvalue weighted by atomic mass is 10.0. The maximum Gasteiger partial charge on any atom is 0.416 e. The van der Waals surface area contributed by atoms with E-state index in [9.17, 15) is 13.2 Å². The summed E-state index contributed by atoms with van der Waals surface area (Å²) in [6.45, 7) is 3.06. The number of alkyl halides is 3. The van der Waals surface area contributed by atoms with Gasteiger partial charge >= 0.3 is 6.18 Å². The van der Waals surface area contributed by atoms with E-state index in [4.69, 9.17) is 0 Å². The highest BCUT2D eigenvalue weighted by Crippen LogP contribution is 2.30. The lowest BCUT2D eigenvalue weighted by Gasteiger charge is -2.22. The van der Waals surface area contributed by atoms with E-state index in [1.165, 1.54) is 31.4 Å². The fourth-order valence-corrected chi connectivity index (χ4v) is 2.86. The Bertz CT molecular complexity index is 437. The minimum absolute atomic E-state index is 0.143. The Balaban J connectivity index is 1.91. The van der Waals surface area contributed by atoms with Crippen molar-refractivity contribution in [3.8, 4) is 0 Å². The minimum Gasteiger partial charge on any atom is -0.383 e. The largest absolute Gasteiger partial charge is 0.416 e. The number of halogens is 3. The van der Waals surface area contributed by atoms with Crippen LogP contribution >= 0.6 is 0 Å². The Kier molecular flexibility index (Phi) is 5.51. The Morgan fingerprint density at radius 3 is 2.86 bits per heavy atom. The molecule has 1 fully saturated rings. The first-order chi connectivity index (χ1) is 9.95. The zero-order valence-electron chi connectivity index (χ0n) is 12.3. The maximum atomic E-state index is 12.7. The van der Waals surface area contributed by atoms with E-state index in [1.807, 2.05) is 6.92 Å². The predicted molar refractivity (Wildman–Crippen MR) is 79.4 cm³/mol. The SMILES string of the molecule is CC(CC1CCCCCN1)Nc1cccc(C(F)(F)F)c1. The molecule has 21 heavy (non-hydrogen) atoms. The van der Waals surface area contributed by atoms with Crippen molar-refractivity contribution in [2.75, 3.05) is 11.9 Å². The van der Waals surface area contributed by atoms with Gasteiger partial charge < -0.3 is 10.6 Å². The van der Waals surface area contributed by atoms with Gasteiger partial charge in [0.2, 0.25) is 0 Å². The fourth-order valence-electron chi connectivity index (χ4n) is 2.86. The fraction of sp³-hybridized carbons (Fsp3) is 0.625. The molecule has 0 amide bonds. The Hall–Kier alpha value is -1.23. The van der Waals surface area contributed by atoms with E-state index in [1.54, 1.807) is 6.07 Å². The Labute approximate surface area is 124 Å². The number of rotatable bonds is 4. The number of nitrogens with one attached hydrogen (secondary N) is 2. The first-order valence-corrected chi connectivity index (χ1v) is 7.62. The van der Waals surface area contributed by atoms with Crippen LogP contribution in [0.25, 0.3) is 0 Å². The third kappa shape index (κ3) is 5.23. The van der Waals surface area contributed by atoms with Crippen LogP contribution in [0, 0.1) is 0 Å². The summed E-state index contributed by atoms with van der Waals surface area (Å²) >= 11 is 0. The molecule has 0 spiro atoms. The van der Waals surface area contributed by atoms with Crippen LogP contribution in [0.3, 0.4) is 0 Å². The molecule has 0 aliphatic carbocycles. The first-order valence-electron chi connectivity index (χ1n) is 7.62. The summed E-state index contributed by atoms with van der Waals surface area (Å²) in [5.41, 5.74) is -0.0711. The molecule has 0 bridgehead atoms. The lowest BCUT2D eigenvalue weighted by Crippen LogP contribution is -2.33. The molecule has 1 saturated heterocycles. The van der Waals surface area contributed by atoms with Gasteiger partial charge in [0.25, 0.3) is 0 Å². The van der Waals surface area contributed by atoms with E-state index in [0.717, 1.165) is 25.5 Å². The second kappa shape index (κ2) is 7.16. The third-order valence-electron chi connectivity index (χ3n) is 3.90. The van der Waals surface area contributed by atoms with Crippen LogP contribution < -0.4 is 10.6 Å². The molecule has 2 N–H and O–H groups in total. The molecule has 1 aliphatic rings. The predicted octanol–water partition coefficient (Wildman–Crippen LogP) is 4.43. The third-order valence-corrected chi connectivity index (χ3v) is 3.90. The zero-order chi connectivity index (χ0) is 15.3. The summed E-state index contributed by atoms with van der Waals surface area (Å²) in [5.74, 6) is 0. The van der Waals surface area contributed by atoms with Crippen LogP contribution in [0.5, 0.6) is 0 Å². The van der Waals surface area contributed by atoms with Crippen molar-refractivity contribution in [3.05, 3.63) is 29.8 Å². The molecule has 5 heteroatoms. The van der Waals surface area contributed by atoms with Crippen LogP contribution in [0.15, 0.2) is 24.3 Å². The molecule has 118 valence electrons. The molecule has 2 unspecified atom stereocenters. The van der Waals surface area contributed by atoms with Gasteiger partial charge in [0.1, 0.15) is 0 Å². The van der Waals surface area contributed by atoms with Crippen LogP contribution in [0.4, 0.5) is 18.9 Å². The quantitative estimate of drug-likeness (QED) is 0.859. The van der Waals surface area contributed by atoms with Gasteiger partial charge in [0, 0.05) is 17.8 Å². The van der Waals surface area contributed by atoms with E-state index < -0.39 is 11.7 Å². The monoisotopic (exact) mass is 300 g/mol. The van der Waals surface area contributed by atoms with Gasteiger partial charge in [-0.2, -0.15) is 13.2 Å². The van der Waals surface area contributed by atoms with Crippen molar-refractivity contribution in [2.24, 2.45) is 0 Å². The van der Waals surface area contributed by atoms with E-state index in [0.29, 0.717) is 11.7 Å². The standard InChI is InChI=1S/C16H23F3N2/c1-12(10-14-7-3-2-4-9-20-14)21-15-8-5-6-13(11-15)16(17,18)19/h5-6,8,11-12,14,20-21H,2-4,7,9-10H2,1H3. The van der Waals surface area contributed by atoms with E-state index in [-0.39, 0.29) is 6.04 Å². The summed E-state index contributed by atoms with van der Waals surface area (Å²) in [6.07, 6.45) is 1.49. The van der Waals surface area contributed by atoms with E-state index in [2.05, 4.69) is 10.6 Å². The summed E-state index contributed by atoms with van der Waals surface area (Å²) in [6, 6.07) is 6.01. The smallest absolute Gasteiger partial charge is 0.383 e. The van der Waals surface area contributed by atoms with E-state index >= 15 is 0 Å². The molecular formula is C16H23F3N2. The molecule has 0 saturated carbocycles. The maximum absolute atomic E-state index is 12.7. The molecule has 1 aliphatic heterocycles. The molecular weight excluding hydrogens is 277 g/mol. The zero-order valence-corrected chi connectivity index (χ0v) is 12.3. The summed E-state index contributed by atoms with van der Waals surface area (Å²) < 4.78 is 38.1. The minimum atomic E-state index is -4.29. The van der Waals surface area contributed by atoms with Crippen molar-refractivity contribution in [3.63, 3.8) is 0 Å². The first kappa shape index (κ1) is 16.1. The summed E-state index contributed by atoms with van der Waals surface area (Å²) in [5, 5.41) is 6.70. The van der Waals surface area contributed by atoms with Crippen LogP contribution in [0.1, 0.15) is 44.6 Å². The van der Waals surface area contributed by atoms with Crippen molar-refractivity contribution in [1.29, 1.82) is 0 Å². The second-order valence-corrected chi connectivity index (χ2v) is 5.86. The van der Waals surface area contributed by atoms with Crippen LogP contribution in [-0.4, -0.2) is 18.6 Å². The molecule has 2 atom stereocenters. The molecule has 0 radical (unpaired) electrons. The number of hydrogen-bond donors (Lipinski definition) is 2. The van der Waals surface area contributed by atoms with Gasteiger partial charge in [-0.3, -0.25) is 0 Å². The van der Waals surface area contributed by atoms with Gasteiger partial charge in [-0.25, -0.2) is 0 Å². The number of anilines is 1. The molecule has 0 aromatic heterocycles. The Morgan fingerprint density at radius 2 is 2.10 bits per heavy atom. The highest BCUT2D eigenvalue weighted by atomic mass is 19.4. The van der Waals surface area contributed by atoms with Gasteiger partial charge in [-0.15, -0.1) is 0 Å². The summed E-state index contributed by atoms with van der Waals surface area (Å²) in [7, 11) is 0. The van der Waals surface area contributed by atoms with Crippen LogP contribution in [0.2, 0.25) is 0 Å². The molecule has 2 rings (SSSR count). The number of benzene rings is 1. The van der Waals surface area contributed by atoms with Crippen molar-refractivity contribution in [1.82, 2.24) is 5.32 Å². The van der Waals surface area contributed by atoms with Crippen molar-refractivity contribution >= 4 is 5.69 Å². The van der Waals surface area contributed by atoms with Crippen LogP contribution in [-0.2, 0) is 6.18 Å². The van der Waals surface area contributed by atoms with Gasteiger partial charge in [0.15, 0.2) is 0 Å². The topological polar surface area (TPSA) is 24.1 Å². The molecule has 1 heterocycles. The molecule has 1 aromatic rings. The second-order valence-electron chi connectivity index (χ2n) is 5.86. The molecule has 2 nitrogen and oxygen atoms in total. The average Bonchev–Trinajstić information content (AvgIpc) is 2.66. The highest BCUT2D eigenvalue weighted by molar-refractivity contribution is 5.47. The Morgan fingerprint density at radius 1 is 1.29 bits per heavy atom. The van der Waals surface area contributed by atoms with Gasteiger partial charge in [-0.05, 0) is 50.9 Å². The van der Waals surface area contributed by atoms with Gasteiger partial charge in [-0.1, -0.05) is 18.9 Å². The molecule has 1 aromatic carbocycles. The highest BCUT2D eigenvalue weighted by Gasteiger charge is 2.30. The van der Waals surface area contributed by atoms with Crippen molar-refractivity contribution in [2.45, 2.75) is 57.3 Å². The van der Waals surface area contributed by atoms with Crippen molar-refractivity contribution < 1.29 is 13.2 Å². The summed E-state index contributed by atoms with van der Waals surface area (Å²) in [4.78, 5) is 0. The normalized spacial score (nSPS) is 21.6. The average molecular weight is 300 g/mol. The lowest BCUT2D eigenvalue weighted by molar-refractivity contribution is -0.137.